The molecule has 0 aromatic carbocycles. The monoisotopic (exact) mass is 238 g/mol. The van der Waals surface area contributed by atoms with Gasteiger partial charge in [0.25, 0.3) is 0 Å². The third-order valence-corrected chi connectivity index (χ3v) is 1.04. The normalized spacial score (nSPS) is 7.58. The molecule has 1 rings (SSSR count). The van der Waals surface area contributed by atoms with Crippen LogP contribution in [0.15, 0.2) is 18.3 Å². The van der Waals surface area contributed by atoms with Crippen LogP contribution in [0.1, 0.15) is 26.0 Å². The zero-order valence-corrected chi connectivity index (χ0v) is 10.7. The molecule has 65 valence electrons. The van der Waals surface area contributed by atoms with Crippen LogP contribution < -0.4 is 0 Å². The van der Waals surface area contributed by atoms with Crippen LogP contribution in [0.2, 0.25) is 0 Å². The van der Waals surface area contributed by atoms with Gasteiger partial charge in [0.1, 0.15) is 0 Å². The summed E-state index contributed by atoms with van der Waals surface area (Å²) >= 11 is 0. The Bertz CT molecular complexity index is 163. The third kappa shape index (κ3) is 8.35. The Morgan fingerprint density at radius 3 is 2.33 bits per heavy atom. The first kappa shape index (κ1) is 14.8. The first-order valence-electron chi connectivity index (χ1n) is 3.95. The average Bonchev–Trinajstić information content (AvgIpc) is 2.08. The van der Waals surface area contributed by atoms with E-state index in [2.05, 4.69) is 24.9 Å². The van der Waals surface area contributed by atoms with E-state index in [-0.39, 0.29) is 32.7 Å². The van der Waals surface area contributed by atoms with E-state index in [9.17, 15) is 0 Å². The van der Waals surface area contributed by atoms with Gasteiger partial charge >= 0.3 is 0 Å². The van der Waals surface area contributed by atoms with Crippen LogP contribution in [0.3, 0.4) is 0 Å². The van der Waals surface area contributed by atoms with Crippen molar-refractivity contribution in [2.24, 2.45) is 0 Å². The summed E-state index contributed by atoms with van der Waals surface area (Å²) in [7, 11) is 0. The predicted molar refractivity (Wildman–Crippen MR) is 48.1 cm³/mol. The number of rotatable bonds is 1. The van der Waals surface area contributed by atoms with Gasteiger partial charge in [-0.25, -0.2) is 12.1 Å². The maximum atomic E-state index is 4.04. The Labute approximate surface area is 101 Å². The van der Waals surface area contributed by atoms with Crippen LogP contribution >= 0.6 is 0 Å². The van der Waals surface area contributed by atoms with Gasteiger partial charge in [-0.3, -0.25) is 0 Å². The summed E-state index contributed by atoms with van der Waals surface area (Å²) in [4.78, 5) is 4.04. The Balaban J connectivity index is 0. The molecule has 1 heterocycles. The topological polar surface area (TPSA) is 12.9 Å². The van der Waals surface area contributed by atoms with Crippen molar-refractivity contribution in [1.29, 1.82) is 0 Å². The molecule has 1 aromatic heterocycles. The van der Waals surface area contributed by atoms with E-state index in [0.717, 1.165) is 18.5 Å². The van der Waals surface area contributed by atoms with E-state index < -0.39 is 0 Å². The number of aromatic nitrogens is 1. The van der Waals surface area contributed by atoms with Gasteiger partial charge in [-0.1, -0.05) is 20.0 Å². The van der Waals surface area contributed by atoms with Crippen molar-refractivity contribution < 1.29 is 32.7 Å². The van der Waals surface area contributed by atoms with Gasteiger partial charge in [-0.15, -0.1) is 0 Å². The van der Waals surface area contributed by atoms with Crippen molar-refractivity contribution >= 4 is 0 Å². The van der Waals surface area contributed by atoms with Gasteiger partial charge in [0.05, 0.1) is 0 Å². The number of nitrogens with zero attached hydrogens (tertiary/aromatic N) is 1. The van der Waals surface area contributed by atoms with Gasteiger partial charge in [0.15, 0.2) is 0 Å². The van der Waals surface area contributed by atoms with Crippen LogP contribution in [0, 0.1) is 13.0 Å². The zero-order chi connectivity index (χ0) is 8.53. The molecule has 0 aliphatic carbocycles. The summed E-state index contributed by atoms with van der Waals surface area (Å²) in [6.07, 6.45) is 3.70. The summed E-state index contributed by atoms with van der Waals surface area (Å²) in [5.74, 6) is 0. The number of aryl methyl sites for hydroxylation is 1. The number of hydrogen-bond acceptors (Lipinski definition) is 1. The van der Waals surface area contributed by atoms with Crippen LogP contribution in [-0.2, 0) is 39.1 Å². The van der Waals surface area contributed by atoms with E-state index in [4.69, 9.17) is 0 Å². The average molecular weight is 238 g/mol. The fourth-order valence-electron chi connectivity index (χ4n) is 0.560. The third-order valence-electron chi connectivity index (χ3n) is 1.04. The molecular formula is C10H15NY-2. The molecule has 0 bridgehead atoms. The summed E-state index contributed by atoms with van der Waals surface area (Å²) in [5.41, 5.74) is 1.13. The SMILES string of the molecule is CCc1cc[c-]cn1.[CH2-]CC.[Y]. The maximum Gasteiger partial charge on any atom is 0 e. The zero-order valence-electron chi connectivity index (χ0n) is 7.88. The van der Waals surface area contributed by atoms with Crippen LogP contribution in [0.5, 0.6) is 0 Å². The first-order valence-corrected chi connectivity index (χ1v) is 3.95. The summed E-state index contributed by atoms with van der Waals surface area (Å²) in [6.45, 7) is 7.59. The van der Waals surface area contributed by atoms with Gasteiger partial charge in [0, 0.05) is 32.7 Å². The van der Waals surface area contributed by atoms with Gasteiger partial charge in [0.2, 0.25) is 0 Å². The molecule has 0 saturated carbocycles. The molecule has 0 saturated heterocycles. The second-order valence-corrected chi connectivity index (χ2v) is 2.10. The molecule has 0 fully saturated rings. The van der Waals surface area contributed by atoms with E-state index in [1.54, 1.807) is 6.20 Å². The van der Waals surface area contributed by atoms with E-state index >= 15 is 0 Å². The molecule has 0 atom stereocenters. The molecule has 12 heavy (non-hydrogen) atoms. The van der Waals surface area contributed by atoms with Gasteiger partial charge in [-0.2, -0.15) is 12.5 Å². The fraction of sp³-hybridized carbons (Fsp3) is 0.400. The minimum Gasteiger partial charge on any atom is -0.344 e. The van der Waals surface area contributed by atoms with E-state index in [0.29, 0.717) is 0 Å². The molecule has 0 aliphatic heterocycles. The summed E-state index contributed by atoms with van der Waals surface area (Å²) < 4.78 is 0. The van der Waals surface area contributed by atoms with Crippen molar-refractivity contribution in [1.82, 2.24) is 4.98 Å². The van der Waals surface area contributed by atoms with Gasteiger partial charge in [-0.05, 0) is 12.1 Å². The Morgan fingerprint density at radius 1 is 1.50 bits per heavy atom. The largest absolute Gasteiger partial charge is 0.344 e. The summed E-state index contributed by atoms with van der Waals surface area (Å²) in [6, 6.07) is 6.71. The Kier molecular flexibility index (Phi) is 13.8. The number of hydrogen-bond donors (Lipinski definition) is 0. The van der Waals surface area contributed by atoms with E-state index in [1.807, 2.05) is 19.1 Å². The van der Waals surface area contributed by atoms with E-state index in [1.165, 1.54) is 0 Å². The molecule has 0 unspecified atom stereocenters. The fourth-order valence-corrected chi connectivity index (χ4v) is 0.560. The van der Waals surface area contributed by atoms with Crippen molar-refractivity contribution in [3.63, 3.8) is 0 Å². The number of pyridine rings is 1. The first-order chi connectivity index (χ1) is 5.35. The van der Waals surface area contributed by atoms with Crippen LogP contribution in [-0.4, -0.2) is 4.98 Å². The Hall–Kier alpha value is 0.254. The molecule has 0 N–H and O–H groups in total. The van der Waals surface area contributed by atoms with Gasteiger partial charge < -0.3 is 11.9 Å². The maximum absolute atomic E-state index is 4.04. The molecule has 1 aromatic rings. The second kappa shape index (κ2) is 11.3. The molecule has 1 nitrogen and oxygen atoms in total. The molecule has 1 radical (unpaired) electrons. The predicted octanol–water partition coefficient (Wildman–Crippen LogP) is 2.67. The smallest absolute Gasteiger partial charge is 0 e. The molecular weight excluding hydrogens is 223 g/mol. The Morgan fingerprint density at radius 2 is 2.08 bits per heavy atom. The van der Waals surface area contributed by atoms with Crippen LogP contribution in [0.25, 0.3) is 0 Å². The van der Waals surface area contributed by atoms with Crippen molar-refractivity contribution in [3.05, 3.63) is 37.0 Å². The minimum atomic E-state index is 0. The van der Waals surface area contributed by atoms with Crippen molar-refractivity contribution in [2.75, 3.05) is 0 Å². The van der Waals surface area contributed by atoms with Crippen molar-refractivity contribution in [2.45, 2.75) is 26.7 Å². The molecule has 2 heteroatoms. The van der Waals surface area contributed by atoms with Crippen molar-refractivity contribution in [3.8, 4) is 0 Å². The minimum absolute atomic E-state index is 0. The van der Waals surface area contributed by atoms with Crippen LogP contribution in [0.4, 0.5) is 0 Å². The second-order valence-electron chi connectivity index (χ2n) is 2.10. The molecule has 0 spiro atoms. The quantitative estimate of drug-likeness (QED) is 0.685. The summed E-state index contributed by atoms with van der Waals surface area (Å²) in [5, 5.41) is 0. The molecule has 0 amide bonds. The molecule has 0 aliphatic rings. The standard InChI is InChI=1S/C7H8N.C3H7.Y/c1-2-7-5-3-4-6-8-7;1-3-2;/h3,5-6H,2H2,1H3;1,3H2,2H3;/q2*-1;.